The first kappa shape index (κ1) is 14.1. The first-order valence-corrected chi connectivity index (χ1v) is 8.09. The molecule has 0 amide bonds. The van der Waals surface area contributed by atoms with Crippen molar-refractivity contribution in [2.45, 2.75) is 19.4 Å². The molecule has 2 aliphatic heterocycles. The Hall–Kier alpha value is -0.900. The minimum absolute atomic E-state index is 0.879. The second-order valence-electron chi connectivity index (χ2n) is 6.27. The Kier molecular flexibility index (Phi) is 5.06. The van der Waals surface area contributed by atoms with Gasteiger partial charge >= 0.3 is 0 Å². The van der Waals surface area contributed by atoms with Gasteiger partial charge in [0.15, 0.2) is 0 Å². The monoisotopic (exact) mass is 273 g/mol. The van der Waals surface area contributed by atoms with Crippen molar-refractivity contribution in [2.75, 3.05) is 45.8 Å². The molecular formula is C17H27N3. The third-order valence-electron chi connectivity index (χ3n) is 4.63. The zero-order valence-electron chi connectivity index (χ0n) is 12.4. The summed E-state index contributed by atoms with van der Waals surface area (Å²) in [4.78, 5) is 5.25. The lowest BCUT2D eigenvalue weighted by atomic mass is 9.99. The fourth-order valence-corrected chi connectivity index (χ4v) is 3.42. The Labute approximate surface area is 123 Å². The van der Waals surface area contributed by atoms with E-state index in [4.69, 9.17) is 0 Å². The largest absolute Gasteiger partial charge is 0.316 e. The van der Waals surface area contributed by atoms with E-state index in [0.717, 1.165) is 12.5 Å². The molecule has 3 rings (SSSR count). The Morgan fingerprint density at radius 3 is 2.45 bits per heavy atom. The van der Waals surface area contributed by atoms with Gasteiger partial charge in [-0.25, -0.2) is 0 Å². The molecule has 0 spiro atoms. The summed E-state index contributed by atoms with van der Waals surface area (Å²) in [6.07, 6.45) is 2.77. The van der Waals surface area contributed by atoms with Crippen LogP contribution >= 0.6 is 0 Å². The zero-order chi connectivity index (χ0) is 13.6. The molecule has 2 aliphatic rings. The lowest BCUT2D eigenvalue weighted by Gasteiger charge is -2.37. The van der Waals surface area contributed by atoms with Crippen molar-refractivity contribution in [3.8, 4) is 0 Å². The Balaban J connectivity index is 1.40. The fraction of sp³-hybridized carbons (Fsp3) is 0.647. The molecule has 0 bridgehead atoms. The van der Waals surface area contributed by atoms with E-state index >= 15 is 0 Å². The predicted molar refractivity (Wildman–Crippen MR) is 83.8 cm³/mol. The molecule has 0 aliphatic carbocycles. The van der Waals surface area contributed by atoms with Crippen LogP contribution in [0.2, 0.25) is 0 Å². The highest BCUT2D eigenvalue weighted by Gasteiger charge is 2.21. The van der Waals surface area contributed by atoms with Crippen LogP contribution in [0, 0.1) is 5.92 Å². The van der Waals surface area contributed by atoms with E-state index in [2.05, 4.69) is 45.4 Å². The summed E-state index contributed by atoms with van der Waals surface area (Å²) in [6.45, 7) is 9.77. The van der Waals surface area contributed by atoms with E-state index < -0.39 is 0 Å². The van der Waals surface area contributed by atoms with Crippen LogP contribution in [-0.2, 0) is 6.54 Å². The molecule has 2 saturated heterocycles. The summed E-state index contributed by atoms with van der Waals surface area (Å²) in [5.74, 6) is 0.879. The van der Waals surface area contributed by atoms with Gasteiger partial charge in [0.1, 0.15) is 0 Å². The number of benzene rings is 1. The molecule has 1 atom stereocenters. The molecule has 110 valence electrons. The van der Waals surface area contributed by atoms with Gasteiger partial charge in [-0.2, -0.15) is 0 Å². The van der Waals surface area contributed by atoms with Crippen molar-refractivity contribution in [1.29, 1.82) is 0 Å². The van der Waals surface area contributed by atoms with Gasteiger partial charge in [-0.3, -0.25) is 4.90 Å². The lowest BCUT2D eigenvalue weighted by molar-refractivity contribution is 0.108. The first-order chi connectivity index (χ1) is 9.90. The van der Waals surface area contributed by atoms with E-state index in [9.17, 15) is 0 Å². The van der Waals surface area contributed by atoms with E-state index in [-0.39, 0.29) is 0 Å². The molecule has 1 aromatic carbocycles. The average molecular weight is 273 g/mol. The second kappa shape index (κ2) is 7.21. The smallest absolute Gasteiger partial charge is 0.0234 e. The van der Waals surface area contributed by atoms with Crippen LogP contribution in [0.5, 0.6) is 0 Å². The standard InChI is InChI=1S/C17H27N3/c1-2-5-16(6-3-1)14-19-9-11-20(12-10-19)15-17-7-4-8-18-13-17/h1-3,5-6,17-18H,4,7-15H2. The van der Waals surface area contributed by atoms with Gasteiger partial charge in [0.2, 0.25) is 0 Å². The second-order valence-corrected chi connectivity index (χ2v) is 6.27. The molecule has 0 aromatic heterocycles. The number of rotatable bonds is 4. The summed E-state index contributed by atoms with van der Waals surface area (Å²) < 4.78 is 0. The van der Waals surface area contributed by atoms with Crippen molar-refractivity contribution < 1.29 is 0 Å². The van der Waals surface area contributed by atoms with Gasteiger partial charge in [0.25, 0.3) is 0 Å². The topological polar surface area (TPSA) is 18.5 Å². The van der Waals surface area contributed by atoms with Crippen LogP contribution in [0.15, 0.2) is 30.3 Å². The first-order valence-electron chi connectivity index (χ1n) is 8.09. The number of piperidine rings is 1. The summed E-state index contributed by atoms with van der Waals surface area (Å²) in [5.41, 5.74) is 1.44. The van der Waals surface area contributed by atoms with Crippen molar-refractivity contribution in [1.82, 2.24) is 15.1 Å². The van der Waals surface area contributed by atoms with E-state index in [1.807, 2.05) is 0 Å². The minimum Gasteiger partial charge on any atom is -0.316 e. The van der Waals surface area contributed by atoms with Gasteiger partial charge in [-0.15, -0.1) is 0 Å². The van der Waals surface area contributed by atoms with Gasteiger partial charge < -0.3 is 10.2 Å². The summed E-state index contributed by atoms with van der Waals surface area (Å²) in [7, 11) is 0. The van der Waals surface area contributed by atoms with E-state index in [1.165, 1.54) is 64.2 Å². The third kappa shape index (κ3) is 4.05. The molecule has 3 heteroatoms. The molecule has 1 aromatic rings. The normalized spacial score (nSPS) is 25.7. The van der Waals surface area contributed by atoms with Crippen LogP contribution < -0.4 is 5.32 Å². The van der Waals surface area contributed by atoms with Crippen molar-refractivity contribution in [3.63, 3.8) is 0 Å². The molecule has 0 radical (unpaired) electrons. The van der Waals surface area contributed by atoms with Crippen LogP contribution in [0.4, 0.5) is 0 Å². The summed E-state index contributed by atoms with van der Waals surface area (Å²) in [5, 5.41) is 3.53. The highest BCUT2D eigenvalue weighted by molar-refractivity contribution is 5.14. The minimum atomic E-state index is 0.879. The molecule has 20 heavy (non-hydrogen) atoms. The van der Waals surface area contributed by atoms with Crippen LogP contribution in [-0.4, -0.2) is 55.6 Å². The van der Waals surface area contributed by atoms with E-state index in [0.29, 0.717) is 0 Å². The molecule has 3 nitrogen and oxygen atoms in total. The van der Waals surface area contributed by atoms with Crippen molar-refractivity contribution >= 4 is 0 Å². The predicted octanol–water partition coefficient (Wildman–Crippen LogP) is 1.80. The average Bonchev–Trinajstić information content (AvgIpc) is 2.51. The van der Waals surface area contributed by atoms with Gasteiger partial charge in [-0.1, -0.05) is 30.3 Å². The zero-order valence-corrected chi connectivity index (χ0v) is 12.4. The summed E-state index contributed by atoms with van der Waals surface area (Å²) in [6, 6.07) is 10.9. The SMILES string of the molecule is c1ccc(CN2CCN(CC3CCCNC3)CC2)cc1. The highest BCUT2D eigenvalue weighted by Crippen LogP contribution is 2.14. The van der Waals surface area contributed by atoms with Crippen LogP contribution in [0.3, 0.4) is 0 Å². The number of hydrogen-bond donors (Lipinski definition) is 1. The van der Waals surface area contributed by atoms with Crippen molar-refractivity contribution in [2.24, 2.45) is 5.92 Å². The van der Waals surface area contributed by atoms with E-state index in [1.54, 1.807) is 0 Å². The molecule has 2 fully saturated rings. The number of nitrogens with one attached hydrogen (secondary N) is 1. The number of piperazine rings is 1. The van der Waals surface area contributed by atoms with Crippen LogP contribution in [0.1, 0.15) is 18.4 Å². The van der Waals surface area contributed by atoms with Crippen molar-refractivity contribution in [3.05, 3.63) is 35.9 Å². The molecule has 1 N–H and O–H groups in total. The maximum Gasteiger partial charge on any atom is 0.0234 e. The highest BCUT2D eigenvalue weighted by atomic mass is 15.3. The Morgan fingerprint density at radius 1 is 1.00 bits per heavy atom. The number of hydrogen-bond acceptors (Lipinski definition) is 3. The van der Waals surface area contributed by atoms with Crippen LogP contribution in [0.25, 0.3) is 0 Å². The summed E-state index contributed by atoms with van der Waals surface area (Å²) >= 11 is 0. The molecule has 2 heterocycles. The molecule has 1 unspecified atom stereocenters. The Bertz CT molecular complexity index is 378. The van der Waals surface area contributed by atoms with Gasteiger partial charge in [0, 0.05) is 39.3 Å². The third-order valence-corrected chi connectivity index (χ3v) is 4.63. The Morgan fingerprint density at radius 2 is 1.75 bits per heavy atom. The fourth-order valence-electron chi connectivity index (χ4n) is 3.42. The lowest BCUT2D eigenvalue weighted by Crippen LogP contribution is -2.48. The maximum absolute atomic E-state index is 3.53. The number of nitrogens with zero attached hydrogens (tertiary/aromatic N) is 2. The maximum atomic E-state index is 3.53. The van der Waals surface area contributed by atoms with Gasteiger partial charge in [0.05, 0.1) is 0 Å². The van der Waals surface area contributed by atoms with Gasteiger partial charge in [-0.05, 0) is 37.4 Å². The quantitative estimate of drug-likeness (QED) is 0.902. The molecular weight excluding hydrogens is 246 g/mol. The molecule has 0 saturated carbocycles.